The number of rotatable bonds is 4. The number of benzene rings is 1. The van der Waals surface area contributed by atoms with Crippen LogP contribution < -0.4 is 15.0 Å². The van der Waals surface area contributed by atoms with Gasteiger partial charge in [-0.2, -0.15) is 0 Å². The van der Waals surface area contributed by atoms with Crippen molar-refractivity contribution in [1.82, 2.24) is 5.32 Å². The van der Waals surface area contributed by atoms with Crippen molar-refractivity contribution in [1.29, 1.82) is 0 Å². The zero-order chi connectivity index (χ0) is 19.0. The maximum absolute atomic E-state index is 11.4. The van der Waals surface area contributed by atoms with Gasteiger partial charge in [-0.15, -0.1) is 0 Å². The fourth-order valence-corrected chi connectivity index (χ4v) is 3.64. The van der Waals surface area contributed by atoms with E-state index >= 15 is 0 Å². The molecule has 1 aliphatic heterocycles. The molecule has 5 atom stereocenters. The first-order chi connectivity index (χ1) is 12.3. The van der Waals surface area contributed by atoms with Crippen LogP contribution in [0.5, 0.6) is 5.75 Å². The maximum atomic E-state index is 11.4. The molecule has 0 aliphatic carbocycles. The Kier molecular flexibility index (Phi) is 5.30. The highest BCUT2D eigenvalue weighted by atomic mass is 32.1. The molecule has 2 heterocycles. The average molecular weight is 385 g/mol. The van der Waals surface area contributed by atoms with Gasteiger partial charge in [0.1, 0.15) is 35.7 Å². The van der Waals surface area contributed by atoms with E-state index in [1.54, 1.807) is 19.1 Å². The summed E-state index contributed by atoms with van der Waals surface area (Å²) in [4.78, 5) is 22.4. The van der Waals surface area contributed by atoms with Crippen LogP contribution >= 0.6 is 11.3 Å². The molecule has 3 rings (SSSR count). The number of aliphatic hydroxyl groups is 3. The van der Waals surface area contributed by atoms with Gasteiger partial charge in [0.2, 0.25) is 12.2 Å². The number of fused-ring (bicyclic) bond motifs is 1. The standard InChI is InChI=1S/C16H19NO8S/c1-6-8(3-4-9-14(6)26-16(22)25-9)23-15-11(17-7(2)19)13(21)12(20)10(5-18)24-15/h3-4,10-13,15,18,20-21H,5H2,1-2H3,(H,17,19)/t10-,11+,12+,13+,15+/m1/s1. The SMILES string of the molecule is CC(=O)N[C@@H]1[C@@H](Oc2ccc3oc(=O)sc3c2C)O[C@H](CO)[C@H](O)[C@H]1O. The van der Waals surface area contributed by atoms with Gasteiger partial charge in [0, 0.05) is 12.5 Å². The summed E-state index contributed by atoms with van der Waals surface area (Å²) in [5, 5.41) is 32.1. The third-order valence-corrected chi connectivity index (χ3v) is 5.15. The van der Waals surface area contributed by atoms with E-state index in [0.717, 1.165) is 11.3 Å². The molecule has 9 nitrogen and oxygen atoms in total. The van der Waals surface area contributed by atoms with Gasteiger partial charge in [-0.1, -0.05) is 11.3 Å². The van der Waals surface area contributed by atoms with Crippen molar-refractivity contribution >= 4 is 27.5 Å². The fraction of sp³-hybridized carbons (Fsp3) is 0.500. The molecule has 1 aromatic heterocycles. The van der Waals surface area contributed by atoms with E-state index < -0.39 is 48.1 Å². The van der Waals surface area contributed by atoms with Gasteiger partial charge in [0.15, 0.2) is 0 Å². The molecule has 0 bridgehead atoms. The topological polar surface area (TPSA) is 138 Å². The second-order valence-electron chi connectivity index (χ2n) is 6.02. The van der Waals surface area contributed by atoms with Crippen LogP contribution in [0.2, 0.25) is 0 Å². The molecule has 0 radical (unpaired) electrons. The summed E-state index contributed by atoms with van der Waals surface area (Å²) in [7, 11) is 0. The minimum atomic E-state index is -1.40. The van der Waals surface area contributed by atoms with Gasteiger partial charge in [0.25, 0.3) is 0 Å². The van der Waals surface area contributed by atoms with Crippen LogP contribution in [0.1, 0.15) is 12.5 Å². The Labute approximate surface area is 151 Å². The lowest BCUT2D eigenvalue weighted by molar-refractivity contribution is -0.244. The fourth-order valence-electron chi connectivity index (χ4n) is 2.87. The Bertz CT molecular complexity index is 862. The second-order valence-corrected chi connectivity index (χ2v) is 6.97. The maximum Gasteiger partial charge on any atom is 0.396 e. The van der Waals surface area contributed by atoms with Gasteiger partial charge in [0.05, 0.1) is 11.3 Å². The van der Waals surface area contributed by atoms with Crippen molar-refractivity contribution in [2.75, 3.05) is 6.61 Å². The molecule has 10 heteroatoms. The van der Waals surface area contributed by atoms with Crippen molar-refractivity contribution in [3.8, 4) is 5.75 Å². The lowest BCUT2D eigenvalue weighted by atomic mass is 9.97. The van der Waals surface area contributed by atoms with Gasteiger partial charge in [-0.25, -0.2) is 4.79 Å². The molecule has 1 amide bonds. The molecule has 1 saturated heterocycles. The number of nitrogens with one attached hydrogen (secondary N) is 1. The molecule has 0 unspecified atom stereocenters. The smallest absolute Gasteiger partial charge is 0.396 e. The summed E-state index contributed by atoms with van der Waals surface area (Å²) in [6, 6.07) is 2.09. The molecule has 26 heavy (non-hydrogen) atoms. The summed E-state index contributed by atoms with van der Waals surface area (Å²) in [6.45, 7) is 2.45. The quantitative estimate of drug-likeness (QED) is 0.552. The molecule has 1 fully saturated rings. The predicted molar refractivity (Wildman–Crippen MR) is 91.1 cm³/mol. The highest BCUT2D eigenvalue weighted by Gasteiger charge is 2.46. The lowest BCUT2D eigenvalue weighted by Gasteiger charge is -2.42. The Hall–Kier alpha value is -1.98. The van der Waals surface area contributed by atoms with E-state index in [2.05, 4.69) is 5.32 Å². The van der Waals surface area contributed by atoms with E-state index in [9.17, 15) is 24.9 Å². The largest absolute Gasteiger partial charge is 0.462 e. The lowest BCUT2D eigenvalue weighted by Crippen LogP contribution is -2.65. The van der Waals surface area contributed by atoms with Crippen molar-refractivity contribution in [3.05, 3.63) is 27.4 Å². The third kappa shape index (κ3) is 3.46. The van der Waals surface area contributed by atoms with Crippen molar-refractivity contribution in [2.45, 2.75) is 44.5 Å². The highest BCUT2D eigenvalue weighted by molar-refractivity contribution is 7.16. The Morgan fingerprint density at radius 2 is 2.08 bits per heavy atom. The summed E-state index contributed by atoms with van der Waals surface area (Å²) < 4.78 is 17.0. The second kappa shape index (κ2) is 7.33. The first-order valence-corrected chi connectivity index (χ1v) is 8.73. The van der Waals surface area contributed by atoms with Crippen LogP contribution in [-0.4, -0.2) is 58.5 Å². The van der Waals surface area contributed by atoms with Crippen LogP contribution in [0.15, 0.2) is 21.3 Å². The van der Waals surface area contributed by atoms with Crippen molar-refractivity contribution < 1.29 is 34.0 Å². The first-order valence-electron chi connectivity index (χ1n) is 7.91. The first kappa shape index (κ1) is 18.8. The summed E-state index contributed by atoms with van der Waals surface area (Å²) in [5.74, 6) is -0.0868. The molecule has 0 spiro atoms. The van der Waals surface area contributed by atoms with E-state index in [-0.39, 0.29) is 0 Å². The summed E-state index contributed by atoms with van der Waals surface area (Å²) in [6.07, 6.45) is -5.02. The van der Waals surface area contributed by atoms with E-state index in [4.69, 9.17) is 13.9 Å². The van der Waals surface area contributed by atoms with Crippen molar-refractivity contribution in [2.24, 2.45) is 0 Å². The highest BCUT2D eigenvalue weighted by Crippen LogP contribution is 2.32. The van der Waals surface area contributed by atoms with Gasteiger partial charge < -0.3 is 34.5 Å². The van der Waals surface area contributed by atoms with Crippen LogP contribution in [0.25, 0.3) is 10.3 Å². The minimum absolute atomic E-state index is 0.357. The third-order valence-electron chi connectivity index (χ3n) is 4.19. The van der Waals surface area contributed by atoms with Crippen molar-refractivity contribution in [3.63, 3.8) is 0 Å². The van der Waals surface area contributed by atoms with Crippen LogP contribution in [0.4, 0.5) is 0 Å². The van der Waals surface area contributed by atoms with E-state index in [1.807, 2.05) is 0 Å². The minimum Gasteiger partial charge on any atom is -0.462 e. The Balaban J connectivity index is 1.93. The molecular formula is C16H19NO8S. The summed E-state index contributed by atoms with van der Waals surface area (Å²) >= 11 is 0.930. The van der Waals surface area contributed by atoms with Crippen LogP contribution in [0, 0.1) is 6.92 Å². The Morgan fingerprint density at radius 3 is 2.73 bits per heavy atom. The number of amides is 1. The molecule has 1 aliphatic rings. The van der Waals surface area contributed by atoms with Gasteiger partial charge in [-0.05, 0) is 19.1 Å². The van der Waals surface area contributed by atoms with Gasteiger partial charge >= 0.3 is 4.94 Å². The monoisotopic (exact) mass is 385 g/mol. The van der Waals surface area contributed by atoms with Gasteiger partial charge in [-0.3, -0.25) is 4.79 Å². The van der Waals surface area contributed by atoms with Crippen LogP contribution in [-0.2, 0) is 9.53 Å². The van der Waals surface area contributed by atoms with Crippen LogP contribution in [0.3, 0.4) is 0 Å². The van der Waals surface area contributed by atoms with E-state index in [1.165, 1.54) is 6.92 Å². The zero-order valence-electron chi connectivity index (χ0n) is 14.0. The predicted octanol–water partition coefficient (Wildman–Crippen LogP) is -0.515. The number of aryl methyl sites for hydroxylation is 1. The number of hydrogen-bond donors (Lipinski definition) is 4. The average Bonchev–Trinajstić information content (AvgIpc) is 2.97. The summed E-state index contributed by atoms with van der Waals surface area (Å²) in [5.41, 5.74) is 1.06. The number of hydrogen-bond acceptors (Lipinski definition) is 9. The molecule has 1 aromatic carbocycles. The molecular weight excluding hydrogens is 366 g/mol. The molecule has 4 N–H and O–H groups in total. The zero-order valence-corrected chi connectivity index (χ0v) is 14.9. The number of ether oxygens (including phenoxy) is 2. The number of aliphatic hydroxyl groups excluding tert-OH is 3. The normalized spacial score (nSPS) is 28.9. The number of carbonyl (C=O) groups excluding carboxylic acids is 1. The number of carbonyl (C=O) groups is 1. The molecule has 2 aromatic rings. The molecule has 0 saturated carbocycles. The Morgan fingerprint density at radius 1 is 1.35 bits per heavy atom. The molecule has 142 valence electrons. The van der Waals surface area contributed by atoms with E-state index in [0.29, 0.717) is 21.6 Å².